The number of thiocarbonyl (C=S) groups is 1. The predicted octanol–water partition coefficient (Wildman–Crippen LogP) is 2.90. The van der Waals surface area contributed by atoms with E-state index >= 15 is 0 Å². The maximum Gasteiger partial charge on any atom is 0.316 e. The average molecular weight is 367 g/mol. The second-order valence-electron chi connectivity index (χ2n) is 5.78. The first kappa shape index (κ1) is 18.7. The van der Waals surface area contributed by atoms with Gasteiger partial charge in [-0.15, -0.1) is 0 Å². The van der Waals surface area contributed by atoms with Crippen molar-refractivity contribution in [1.29, 1.82) is 0 Å². The Morgan fingerprint density at radius 3 is 2.71 bits per heavy atom. The lowest BCUT2D eigenvalue weighted by Crippen LogP contribution is -2.25. The number of nitrogens with zero attached hydrogens (tertiary/aromatic N) is 1. The number of thioether (sulfide) groups is 1. The van der Waals surface area contributed by atoms with Crippen molar-refractivity contribution in [3.8, 4) is 0 Å². The van der Waals surface area contributed by atoms with E-state index in [1.54, 1.807) is 0 Å². The summed E-state index contributed by atoms with van der Waals surface area (Å²) in [6.07, 6.45) is 2.29. The van der Waals surface area contributed by atoms with E-state index in [1.165, 1.54) is 11.8 Å². The third kappa shape index (κ3) is 5.79. The molecule has 0 bridgehead atoms. The number of benzene rings is 1. The third-order valence-electron chi connectivity index (χ3n) is 3.71. The van der Waals surface area contributed by atoms with Gasteiger partial charge in [-0.05, 0) is 43.9 Å². The van der Waals surface area contributed by atoms with Crippen LogP contribution in [0.2, 0.25) is 0 Å². The highest BCUT2D eigenvalue weighted by Crippen LogP contribution is 2.17. The van der Waals surface area contributed by atoms with Gasteiger partial charge in [0.25, 0.3) is 5.91 Å². The van der Waals surface area contributed by atoms with E-state index in [0.717, 1.165) is 47.1 Å². The van der Waals surface area contributed by atoms with Gasteiger partial charge >= 0.3 is 5.97 Å². The summed E-state index contributed by atoms with van der Waals surface area (Å²) < 4.78 is 5.74. The highest BCUT2D eigenvalue weighted by atomic mass is 32.2. The van der Waals surface area contributed by atoms with E-state index in [4.69, 9.17) is 17.0 Å². The van der Waals surface area contributed by atoms with Crippen LogP contribution in [-0.4, -0.2) is 46.5 Å². The summed E-state index contributed by atoms with van der Waals surface area (Å²) in [6, 6.07) is 5.80. The number of likely N-dealkylation sites (tertiary alicyclic amines) is 1. The maximum absolute atomic E-state index is 11.9. The van der Waals surface area contributed by atoms with E-state index in [9.17, 15) is 9.59 Å². The molecule has 0 spiro atoms. The van der Waals surface area contributed by atoms with Gasteiger partial charge < -0.3 is 15.0 Å². The molecule has 24 heavy (non-hydrogen) atoms. The fraction of sp³-hybridized carbons (Fsp3) is 0.471. The van der Waals surface area contributed by atoms with Crippen LogP contribution < -0.4 is 5.32 Å². The van der Waals surface area contributed by atoms with Gasteiger partial charge in [-0.2, -0.15) is 0 Å². The standard InChI is InChI=1S/C17H22N2O3S2/c1-12-5-6-13(2)14(9-12)18-15(20)10-22-16(21)11-24-17(23)19-7-3-4-8-19/h5-6,9H,3-4,7-8,10-11H2,1-2H3,(H,18,20). The van der Waals surface area contributed by atoms with Gasteiger partial charge in [-0.1, -0.05) is 36.1 Å². The van der Waals surface area contributed by atoms with E-state index in [1.807, 2.05) is 32.0 Å². The predicted molar refractivity (Wildman–Crippen MR) is 101 cm³/mol. The molecule has 7 heteroatoms. The SMILES string of the molecule is Cc1ccc(C)c(NC(=O)COC(=O)CSC(=S)N2CCCC2)c1. The molecule has 1 aliphatic rings. The lowest BCUT2D eigenvalue weighted by Gasteiger charge is -2.17. The van der Waals surface area contributed by atoms with Gasteiger partial charge in [0.2, 0.25) is 0 Å². The number of hydrogen-bond donors (Lipinski definition) is 1. The second kappa shape index (κ2) is 9.03. The van der Waals surface area contributed by atoms with Crippen LogP contribution in [0.3, 0.4) is 0 Å². The van der Waals surface area contributed by atoms with Crippen LogP contribution in [0.15, 0.2) is 18.2 Å². The normalized spacial score (nSPS) is 13.7. The highest BCUT2D eigenvalue weighted by Gasteiger charge is 2.17. The molecule has 0 saturated carbocycles. The Labute approximate surface area is 152 Å². The van der Waals surface area contributed by atoms with Crippen molar-refractivity contribution < 1.29 is 14.3 Å². The Bertz CT molecular complexity index is 628. The molecule has 0 atom stereocenters. The molecule has 1 saturated heterocycles. The quantitative estimate of drug-likeness (QED) is 0.639. The molecular formula is C17H22N2O3S2. The lowest BCUT2D eigenvalue weighted by molar-refractivity contribution is -0.144. The van der Waals surface area contributed by atoms with Crippen molar-refractivity contribution in [2.24, 2.45) is 0 Å². The van der Waals surface area contributed by atoms with Crippen LogP contribution in [0.1, 0.15) is 24.0 Å². The molecule has 1 aliphatic heterocycles. The number of anilines is 1. The molecule has 0 unspecified atom stereocenters. The van der Waals surface area contributed by atoms with E-state index < -0.39 is 5.97 Å². The summed E-state index contributed by atoms with van der Waals surface area (Å²) in [5.74, 6) is -0.645. The van der Waals surface area contributed by atoms with Gasteiger partial charge in [-0.25, -0.2) is 0 Å². The summed E-state index contributed by atoms with van der Waals surface area (Å²) in [5.41, 5.74) is 2.76. The van der Waals surface area contributed by atoms with Crippen molar-refractivity contribution in [2.45, 2.75) is 26.7 Å². The van der Waals surface area contributed by atoms with Gasteiger partial charge in [-0.3, -0.25) is 9.59 Å². The molecule has 1 aromatic rings. The van der Waals surface area contributed by atoms with E-state index in [2.05, 4.69) is 10.2 Å². The number of hydrogen-bond acceptors (Lipinski definition) is 5. The number of carbonyl (C=O) groups excluding carboxylic acids is 2. The molecule has 1 amide bonds. The topological polar surface area (TPSA) is 58.6 Å². The highest BCUT2D eigenvalue weighted by molar-refractivity contribution is 8.23. The van der Waals surface area contributed by atoms with Crippen LogP contribution in [0, 0.1) is 13.8 Å². The number of aryl methyl sites for hydroxylation is 2. The molecule has 1 heterocycles. The zero-order valence-electron chi connectivity index (χ0n) is 14.0. The number of rotatable bonds is 5. The molecule has 1 N–H and O–H groups in total. The molecule has 130 valence electrons. The Hall–Kier alpha value is -1.60. The zero-order valence-corrected chi connectivity index (χ0v) is 15.6. The Morgan fingerprint density at radius 2 is 2.00 bits per heavy atom. The van der Waals surface area contributed by atoms with Crippen molar-refractivity contribution in [3.05, 3.63) is 29.3 Å². The zero-order chi connectivity index (χ0) is 17.5. The minimum Gasteiger partial charge on any atom is -0.455 e. The number of ether oxygens (including phenoxy) is 1. The van der Waals surface area contributed by atoms with Crippen molar-refractivity contribution in [2.75, 3.05) is 30.8 Å². The second-order valence-corrected chi connectivity index (χ2v) is 7.39. The minimum absolute atomic E-state index is 0.131. The van der Waals surface area contributed by atoms with Crippen LogP contribution in [0.25, 0.3) is 0 Å². The molecule has 1 aromatic carbocycles. The van der Waals surface area contributed by atoms with Crippen LogP contribution in [0.5, 0.6) is 0 Å². The third-order valence-corrected chi connectivity index (χ3v) is 5.21. The first-order chi connectivity index (χ1) is 11.5. The van der Waals surface area contributed by atoms with E-state index in [-0.39, 0.29) is 18.3 Å². The molecule has 0 aliphatic carbocycles. The van der Waals surface area contributed by atoms with Crippen LogP contribution in [-0.2, 0) is 14.3 Å². The summed E-state index contributed by atoms with van der Waals surface area (Å²) in [7, 11) is 0. The fourth-order valence-electron chi connectivity index (χ4n) is 2.36. The number of esters is 1. The summed E-state index contributed by atoms with van der Waals surface area (Å²) in [5, 5.41) is 2.76. The van der Waals surface area contributed by atoms with Gasteiger partial charge in [0.15, 0.2) is 6.61 Å². The lowest BCUT2D eigenvalue weighted by atomic mass is 10.1. The molecule has 5 nitrogen and oxygen atoms in total. The largest absolute Gasteiger partial charge is 0.455 e. The Morgan fingerprint density at radius 1 is 1.29 bits per heavy atom. The molecule has 0 aromatic heterocycles. The maximum atomic E-state index is 11.9. The summed E-state index contributed by atoms with van der Waals surface area (Å²) in [6.45, 7) is 5.49. The summed E-state index contributed by atoms with van der Waals surface area (Å²) in [4.78, 5) is 25.7. The number of carbonyl (C=O) groups is 2. The molecular weight excluding hydrogens is 344 g/mol. The van der Waals surface area contributed by atoms with E-state index in [0.29, 0.717) is 0 Å². The van der Waals surface area contributed by atoms with Crippen molar-refractivity contribution in [1.82, 2.24) is 4.90 Å². The van der Waals surface area contributed by atoms with Crippen molar-refractivity contribution >= 4 is 45.9 Å². The van der Waals surface area contributed by atoms with Gasteiger partial charge in [0.1, 0.15) is 4.32 Å². The minimum atomic E-state index is -0.433. The first-order valence-electron chi connectivity index (χ1n) is 7.90. The van der Waals surface area contributed by atoms with Gasteiger partial charge in [0, 0.05) is 18.8 Å². The Balaban J connectivity index is 1.70. The summed E-state index contributed by atoms with van der Waals surface area (Å²) >= 11 is 6.58. The average Bonchev–Trinajstić information content (AvgIpc) is 3.08. The molecule has 2 rings (SSSR count). The van der Waals surface area contributed by atoms with Crippen molar-refractivity contribution in [3.63, 3.8) is 0 Å². The fourth-order valence-corrected chi connectivity index (χ4v) is 3.41. The van der Waals surface area contributed by atoms with Gasteiger partial charge in [0.05, 0.1) is 5.75 Å². The number of nitrogens with one attached hydrogen (secondary N) is 1. The van der Waals surface area contributed by atoms with Crippen LogP contribution in [0.4, 0.5) is 5.69 Å². The first-order valence-corrected chi connectivity index (χ1v) is 9.29. The molecule has 0 radical (unpaired) electrons. The molecule has 1 fully saturated rings. The monoisotopic (exact) mass is 366 g/mol. The smallest absolute Gasteiger partial charge is 0.316 e. The van der Waals surface area contributed by atoms with Crippen LogP contribution >= 0.6 is 24.0 Å². The Kier molecular flexibility index (Phi) is 7.05. The number of amides is 1.